The van der Waals surface area contributed by atoms with Crippen LogP contribution >= 0.6 is 0 Å². The fourth-order valence-corrected chi connectivity index (χ4v) is 3.09. The highest BCUT2D eigenvalue weighted by atomic mass is 16.2. The first-order valence-corrected chi connectivity index (χ1v) is 11.5. The number of carbonyl (C=O) groups excluding carboxylic acids is 4. The Kier molecular flexibility index (Phi) is 12.2. The summed E-state index contributed by atoms with van der Waals surface area (Å²) < 4.78 is 0. The zero-order valence-electron chi connectivity index (χ0n) is 20.4. The molecule has 0 fully saturated rings. The number of amides is 4. The van der Waals surface area contributed by atoms with Gasteiger partial charge in [0.2, 0.25) is 17.7 Å². The van der Waals surface area contributed by atoms with Crippen molar-refractivity contribution >= 4 is 29.6 Å². The number of rotatable bonds is 15. The van der Waals surface area contributed by atoms with Crippen molar-refractivity contribution in [1.29, 1.82) is 0 Å². The summed E-state index contributed by atoms with van der Waals surface area (Å²) >= 11 is 0. The lowest BCUT2D eigenvalue weighted by Gasteiger charge is -2.27. The number of carbonyl (C=O) groups is 4. The van der Waals surface area contributed by atoms with E-state index in [0.717, 1.165) is 0 Å². The highest BCUT2D eigenvalue weighted by molar-refractivity contribution is 5.98. The van der Waals surface area contributed by atoms with Crippen LogP contribution in [0.15, 0.2) is 35.3 Å². The molecule has 0 aliphatic rings. The first-order chi connectivity index (χ1) is 16.5. The topological polar surface area (TPSA) is 221 Å². The number of aliphatic imine (C=N–C) groups is 1. The highest BCUT2D eigenvalue weighted by Gasteiger charge is 2.32. The van der Waals surface area contributed by atoms with E-state index in [1.807, 2.05) is 0 Å². The number of guanidine groups is 1. The third kappa shape index (κ3) is 10.9. The molecule has 0 aromatic heterocycles. The second-order valence-corrected chi connectivity index (χ2v) is 8.67. The van der Waals surface area contributed by atoms with Crippen molar-refractivity contribution < 1.29 is 19.2 Å². The molecule has 4 amide bonds. The molecular formula is C23H38N8O4. The van der Waals surface area contributed by atoms with Crippen molar-refractivity contribution in [3.05, 3.63) is 35.9 Å². The van der Waals surface area contributed by atoms with Crippen LogP contribution in [-0.4, -0.2) is 60.3 Å². The van der Waals surface area contributed by atoms with Gasteiger partial charge in [-0.15, -0.1) is 0 Å². The van der Waals surface area contributed by atoms with Crippen molar-refractivity contribution in [2.75, 3.05) is 13.1 Å². The molecule has 11 N–H and O–H groups in total. The molecule has 1 aromatic carbocycles. The standard InChI is InChI=1S/C23H38N8O4/c1-23(2,21(25)35)31-20(34)17(11-6-7-13-24)30-19(33)16(12-8-14-28-22(26)27)29-18(32)15-9-4-3-5-10-15/h3-5,9-10,16-17H,6-8,11-14,24H2,1-2H3,(H2,25,35)(H,29,32)(H,30,33)(H,31,34)(H4,26,27,28)/t16-,17-/m0/s1. The van der Waals surface area contributed by atoms with Crippen LogP contribution in [0, 0.1) is 0 Å². The van der Waals surface area contributed by atoms with Gasteiger partial charge >= 0.3 is 0 Å². The van der Waals surface area contributed by atoms with E-state index in [1.54, 1.807) is 30.3 Å². The Labute approximate surface area is 205 Å². The normalized spacial score (nSPS) is 12.7. The first kappa shape index (κ1) is 29.4. The lowest BCUT2D eigenvalue weighted by Crippen LogP contribution is -2.59. The molecule has 35 heavy (non-hydrogen) atoms. The molecule has 0 heterocycles. The maximum absolute atomic E-state index is 13.2. The molecule has 0 saturated carbocycles. The summed E-state index contributed by atoms with van der Waals surface area (Å²) in [6, 6.07) is 6.53. The van der Waals surface area contributed by atoms with Crippen LogP contribution in [0.1, 0.15) is 56.3 Å². The molecule has 2 atom stereocenters. The van der Waals surface area contributed by atoms with Gasteiger partial charge < -0.3 is 38.9 Å². The molecule has 1 rings (SSSR count). The Bertz CT molecular complexity index is 885. The molecule has 0 bridgehead atoms. The molecule has 0 unspecified atom stereocenters. The summed E-state index contributed by atoms with van der Waals surface area (Å²) in [6.07, 6.45) is 2.13. The van der Waals surface area contributed by atoms with Gasteiger partial charge in [0.05, 0.1) is 0 Å². The Hall–Kier alpha value is -3.67. The van der Waals surface area contributed by atoms with Crippen molar-refractivity contribution in [1.82, 2.24) is 16.0 Å². The van der Waals surface area contributed by atoms with Crippen LogP contribution in [0.3, 0.4) is 0 Å². The van der Waals surface area contributed by atoms with Gasteiger partial charge in [-0.2, -0.15) is 0 Å². The molecular weight excluding hydrogens is 452 g/mol. The molecule has 0 aliphatic carbocycles. The predicted octanol–water partition coefficient (Wildman–Crippen LogP) is -1.17. The van der Waals surface area contributed by atoms with E-state index in [-0.39, 0.29) is 25.3 Å². The monoisotopic (exact) mass is 490 g/mol. The van der Waals surface area contributed by atoms with Crippen LogP contribution in [-0.2, 0) is 14.4 Å². The summed E-state index contributed by atoms with van der Waals surface area (Å²) in [5.41, 5.74) is 20.7. The number of hydrogen-bond donors (Lipinski definition) is 7. The second-order valence-electron chi connectivity index (χ2n) is 8.67. The molecule has 1 aromatic rings. The zero-order valence-corrected chi connectivity index (χ0v) is 20.4. The largest absolute Gasteiger partial charge is 0.370 e. The summed E-state index contributed by atoms with van der Waals surface area (Å²) in [5, 5.41) is 7.98. The zero-order chi connectivity index (χ0) is 26.4. The first-order valence-electron chi connectivity index (χ1n) is 11.5. The Morgan fingerprint density at radius 1 is 0.886 bits per heavy atom. The number of hydrogen-bond acceptors (Lipinski definition) is 6. The van der Waals surface area contributed by atoms with E-state index in [0.29, 0.717) is 31.4 Å². The van der Waals surface area contributed by atoms with Crippen molar-refractivity contribution in [3.8, 4) is 0 Å². The fourth-order valence-electron chi connectivity index (χ4n) is 3.09. The highest BCUT2D eigenvalue weighted by Crippen LogP contribution is 2.08. The minimum Gasteiger partial charge on any atom is -0.370 e. The van der Waals surface area contributed by atoms with Gasteiger partial charge in [-0.3, -0.25) is 24.2 Å². The Morgan fingerprint density at radius 2 is 1.49 bits per heavy atom. The van der Waals surface area contributed by atoms with Gasteiger partial charge in [0, 0.05) is 12.1 Å². The maximum Gasteiger partial charge on any atom is 0.251 e. The number of unbranched alkanes of at least 4 members (excludes halogenated alkanes) is 1. The van der Waals surface area contributed by atoms with Gasteiger partial charge in [-0.1, -0.05) is 18.2 Å². The summed E-state index contributed by atoms with van der Waals surface area (Å²) in [6.45, 7) is 3.63. The third-order valence-electron chi connectivity index (χ3n) is 5.23. The lowest BCUT2D eigenvalue weighted by atomic mass is 10.0. The smallest absolute Gasteiger partial charge is 0.251 e. The van der Waals surface area contributed by atoms with E-state index < -0.39 is 41.3 Å². The Morgan fingerprint density at radius 3 is 2.06 bits per heavy atom. The minimum absolute atomic E-state index is 0.0759. The Balaban J connectivity index is 3.02. The van der Waals surface area contributed by atoms with Crippen molar-refractivity contribution in [3.63, 3.8) is 0 Å². The van der Waals surface area contributed by atoms with Crippen molar-refractivity contribution in [2.45, 2.75) is 63.6 Å². The van der Waals surface area contributed by atoms with Gasteiger partial charge in [0.25, 0.3) is 5.91 Å². The molecule has 12 nitrogen and oxygen atoms in total. The quantitative estimate of drug-likeness (QED) is 0.0905. The van der Waals surface area contributed by atoms with Crippen LogP contribution in [0.25, 0.3) is 0 Å². The average molecular weight is 491 g/mol. The summed E-state index contributed by atoms with van der Waals surface area (Å²) in [4.78, 5) is 54.3. The van der Waals surface area contributed by atoms with Crippen LogP contribution in [0.4, 0.5) is 0 Å². The van der Waals surface area contributed by atoms with E-state index in [1.165, 1.54) is 13.8 Å². The third-order valence-corrected chi connectivity index (χ3v) is 5.23. The van der Waals surface area contributed by atoms with Gasteiger partial charge in [-0.05, 0) is 64.6 Å². The molecule has 12 heteroatoms. The number of nitrogens with one attached hydrogen (secondary N) is 3. The minimum atomic E-state index is -1.31. The molecule has 0 aliphatic heterocycles. The van der Waals surface area contributed by atoms with E-state index >= 15 is 0 Å². The van der Waals surface area contributed by atoms with Gasteiger partial charge in [0.1, 0.15) is 17.6 Å². The van der Waals surface area contributed by atoms with Crippen LogP contribution in [0.2, 0.25) is 0 Å². The number of nitrogens with zero attached hydrogens (tertiary/aromatic N) is 1. The fraction of sp³-hybridized carbons (Fsp3) is 0.522. The molecule has 0 radical (unpaired) electrons. The van der Waals surface area contributed by atoms with Crippen molar-refractivity contribution in [2.24, 2.45) is 27.9 Å². The van der Waals surface area contributed by atoms with E-state index in [4.69, 9.17) is 22.9 Å². The number of benzene rings is 1. The van der Waals surface area contributed by atoms with E-state index in [9.17, 15) is 19.2 Å². The van der Waals surface area contributed by atoms with Crippen LogP contribution < -0.4 is 38.9 Å². The number of primary amides is 1. The van der Waals surface area contributed by atoms with Gasteiger partial charge in [-0.25, -0.2) is 0 Å². The molecule has 0 saturated heterocycles. The lowest BCUT2D eigenvalue weighted by molar-refractivity contribution is -0.134. The summed E-state index contributed by atoms with van der Waals surface area (Å²) in [5.74, 6) is -2.35. The predicted molar refractivity (Wildman–Crippen MR) is 134 cm³/mol. The number of nitrogens with two attached hydrogens (primary N) is 4. The average Bonchev–Trinajstić information content (AvgIpc) is 2.80. The summed E-state index contributed by atoms with van der Waals surface area (Å²) in [7, 11) is 0. The SMILES string of the molecule is CC(C)(NC(=O)[C@H](CCCCN)NC(=O)[C@H](CCCN=C(N)N)NC(=O)c1ccccc1)C(N)=O. The van der Waals surface area contributed by atoms with Crippen LogP contribution in [0.5, 0.6) is 0 Å². The molecule has 194 valence electrons. The maximum atomic E-state index is 13.2. The van der Waals surface area contributed by atoms with E-state index in [2.05, 4.69) is 20.9 Å². The second kappa shape index (κ2) is 14.6. The van der Waals surface area contributed by atoms with Gasteiger partial charge in [0.15, 0.2) is 5.96 Å². The molecule has 0 spiro atoms.